The van der Waals surface area contributed by atoms with Crippen LogP contribution in [0.2, 0.25) is 0 Å². The van der Waals surface area contributed by atoms with Crippen LogP contribution in [-0.2, 0) is 14.3 Å². The van der Waals surface area contributed by atoms with Crippen molar-refractivity contribution in [1.82, 2.24) is 0 Å². The number of carboxylic acids is 1. The molecule has 0 aliphatic rings. The number of anilines is 1. The van der Waals surface area contributed by atoms with Crippen molar-refractivity contribution in [1.29, 1.82) is 0 Å². The quantitative estimate of drug-likeness (QED) is 0.629. The molecule has 1 aromatic rings. The van der Waals surface area contributed by atoms with E-state index in [4.69, 9.17) is 14.6 Å². The first kappa shape index (κ1) is 16.5. The van der Waals surface area contributed by atoms with Crippen LogP contribution in [-0.4, -0.2) is 51.1 Å². The Morgan fingerprint density at radius 2 is 1.90 bits per heavy atom. The summed E-state index contributed by atoms with van der Waals surface area (Å²) in [7, 11) is 1.67. The first-order valence-electron chi connectivity index (χ1n) is 6.82. The number of nitrogens with zero attached hydrogens (tertiary/aromatic N) is 1. The van der Waals surface area contributed by atoms with Crippen molar-refractivity contribution in [2.45, 2.75) is 12.8 Å². The average molecular weight is 281 g/mol. The van der Waals surface area contributed by atoms with Crippen LogP contribution in [0.4, 0.5) is 5.69 Å². The molecule has 1 aromatic carbocycles. The van der Waals surface area contributed by atoms with E-state index < -0.39 is 5.97 Å². The Balaban J connectivity index is 2.37. The number of carbonyl (C=O) groups is 1. The van der Waals surface area contributed by atoms with Gasteiger partial charge in [0.2, 0.25) is 0 Å². The van der Waals surface area contributed by atoms with E-state index in [0.29, 0.717) is 32.9 Å². The van der Waals surface area contributed by atoms with Gasteiger partial charge in [-0.15, -0.1) is 0 Å². The summed E-state index contributed by atoms with van der Waals surface area (Å²) in [4.78, 5) is 12.7. The minimum absolute atomic E-state index is 0.124. The first-order valence-corrected chi connectivity index (χ1v) is 6.82. The van der Waals surface area contributed by atoms with Gasteiger partial charge < -0.3 is 19.5 Å². The van der Waals surface area contributed by atoms with Crippen LogP contribution in [0.3, 0.4) is 0 Å². The minimum atomic E-state index is -0.785. The molecule has 1 N–H and O–H groups in total. The summed E-state index contributed by atoms with van der Waals surface area (Å²) in [5.74, 6) is -0.785. The fourth-order valence-corrected chi connectivity index (χ4v) is 1.82. The van der Waals surface area contributed by atoms with Crippen molar-refractivity contribution in [3.05, 3.63) is 30.3 Å². The van der Waals surface area contributed by atoms with E-state index in [0.717, 1.165) is 12.1 Å². The molecule has 112 valence electrons. The molecule has 0 bridgehead atoms. The van der Waals surface area contributed by atoms with Crippen LogP contribution in [0.15, 0.2) is 30.3 Å². The molecule has 5 heteroatoms. The lowest BCUT2D eigenvalue weighted by Gasteiger charge is -2.24. The summed E-state index contributed by atoms with van der Waals surface area (Å²) in [6.07, 6.45) is 0.996. The smallest absolute Gasteiger partial charge is 0.305 e. The van der Waals surface area contributed by atoms with Gasteiger partial charge in [-0.2, -0.15) is 0 Å². The lowest BCUT2D eigenvalue weighted by molar-refractivity contribution is -0.136. The lowest BCUT2D eigenvalue weighted by Crippen LogP contribution is -2.30. The van der Waals surface area contributed by atoms with Gasteiger partial charge in [0, 0.05) is 39.1 Å². The molecule has 0 aliphatic carbocycles. The van der Waals surface area contributed by atoms with Gasteiger partial charge in [-0.3, -0.25) is 4.79 Å². The zero-order valence-corrected chi connectivity index (χ0v) is 12.0. The normalized spacial score (nSPS) is 10.4. The fourth-order valence-electron chi connectivity index (χ4n) is 1.82. The molecular weight excluding hydrogens is 258 g/mol. The molecule has 0 radical (unpaired) electrons. The molecule has 0 spiro atoms. The van der Waals surface area contributed by atoms with Gasteiger partial charge in [0.25, 0.3) is 0 Å². The Hall–Kier alpha value is -1.59. The van der Waals surface area contributed by atoms with Crippen molar-refractivity contribution in [3.8, 4) is 0 Å². The largest absolute Gasteiger partial charge is 0.481 e. The summed E-state index contributed by atoms with van der Waals surface area (Å²) < 4.78 is 10.5. The number of methoxy groups -OCH3 is 1. The number of ether oxygens (including phenoxy) is 2. The van der Waals surface area contributed by atoms with Crippen LogP contribution in [0.25, 0.3) is 0 Å². The van der Waals surface area contributed by atoms with Crippen molar-refractivity contribution in [2.24, 2.45) is 0 Å². The Bertz CT molecular complexity index is 369. The summed E-state index contributed by atoms with van der Waals surface area (Å²) >= 11 is 0. The zero-order valence-electron chi connectivity index (χ0n) is 12.0. The standard InChI is InChI=1S/C15H23NO4/c1-19-11-5-12-20-13-10-16(9-8-15(17)18)14-6-3-2-4-7-14/h2-4,6-7H,5,8-13H2,1H3,(H,17,18). The predicted octanol–water partition coefficient (Wildman–Crippen LogP) is 2.02. The third kappa shape index (κ3) is 7.11. The zero-order chi connectivity index (χ0) is 14.6. The van der Waals surface area contributed by atoms with E-state index in [1.165, 1.54) is 0 Å². The summed E-state index contributed by atoms with van der Waals surface area (Å²) in [6, 6.07) is 9.80. The van der Waals surface area contributed by atoms with Gasteiger partial charge in [0.05, 0.1) is 13.0 Å². The summed E-state index contributed by atoms with van der Waals surface area (Å²) in [6.45, 7) is 3.11. The minimum Gasteiger partial charge on any atom is -0.481 e. The molecule has 0 atom stereocenters. The molecule has 0 aromatic heterocycles. The Morgan fingerprint density at radius 3 is 2.55 bits per heavy atom. The number of aliphatic carboxylic acids is 1. The molecule has 5 nitrogen and oxygen atoms in total. The van der Waals surface area contributed by atoms with Crippen LogP contribution >= 0.6 is 0 Å². The van der Waals surface area contributed by atoms with Gasteiger partial charge >= 0.3 is 5.97 Å². The van der Waals surface area contributed by atoms with Crippen molar-refractivity contribution >= 4 is 11.7 Å². The van der Waals surface area contributed by atoms with Crippen molar-refractivity contribution in [3.63, 3.8) is 0 Å². The highest BCUT2D eigenvalue weighted by molar-refractivity contribution is 5.67. The van der Waals surface area contributed by atoms with E-state index in [2.05, 4.69) is 0 Å². The lowest BCUT2D eigenvalue weighted by atomic mass is 10.2. The average Bonchev–Trinajstić information content (AvgIpc) is 2.46. The van der Waals surface area contributed by atoms with Gasteiger partial charge in [-0.25, -0.2) is 0 Å². The Labute approximate surface area is 120 Å². The molecule has 20 heavy (non-hydrogen) atoms. The summed E-state index contributed by atoms with van der Waals surface area (Å²) in [5, 5.41) is 8.81. The van der Waals surface area contributed by atoms with E-state index in [1.807, 2.05) is 35.2 Å². The SMILES string of the molecule is COCCCOCCN(CCC(=O)O)c1ccccc1. The molecule has 0 amide bonds. The maximum absolute atomic E-state index is 10.7. The van der Waals surface area contributed by atoms with E-state index in [1.54, 1.807) is 7.11 Å². The van der Waals surface area contributed by atoms with Crippen LogP contribution in [0, 0.1) is 0 Å². The van der Waals surface area contributed by atoms with Crippen LogP contribution in [0.5, 0.6) is 0 Å². The highest BCUT2D eigenvalue weighted by atomic mass is 16.5. The van der Waals surface area contributed by atoms with Gasteiger partial charge in [-0.1, -0.05) is 18.2 Å². The molecule has 0 fully saturated rings. The molecule has 0 aliphatic heterocycles. The number of benzene rings is 1. The topological polar surface area (TPSA) is 59.0 Å². The van der Waals surface area contributed by atoms with Crippen LogP contribution < -0.4 is 4.90 Å². The molecular formula is C15H23NO4. The van der Waals surface area contributed by atoms with E-state index >= 15 is 0 Å². The van der Waals surface area contributed by atoms with E-state index in [9.17, 15) is 4.79 Å². The van der Waals surface area contributed by atoms with Gasteiger partial charge in [0.1, 0.15) is 0 Å². The van der Waals surface area contributed by atoms with Gasteiger partial charge in [-0.05, 0) is 18.6 Å². The molecule has 0 saturated heterocycles. The number of carboxylic acid groups (broad SMARTS) is 1. The third-order valence-electron chi connectivity index (χ3n) is 2.86. The van der Waals surface area contributed by atoms with Crippen molar-refractivity contribution in [2.75, 3.05) is 44.9 Å². The highest BCUT2D eigenvalue weighted by Crippen LogP contribution is 2.13. The predicted molar refractivity (Wildman–Crippen MR) is 78.2 cm³/mol. The van der Waals surface area contributed by atoms with Gasteiger partial charge in [0.15, 0.2) is 0 Å². The van der Waals surface area contributed by atoms with Crippen molar-refractivity contribution < 1.29 is 19.4 Å². The monoisotopic (exact) mass is 281 g/mol. The second-order valence-corrected chi connectivity index (χ2v) is 4.43. The number of hydrogen-bond donors (Lipinski definition) is 1. The second-order valence-electron chi connectivity index (χ2n) is 4.43. The first-order chi connectivity index (χ1) is 9.74. The molecule has 0 unspecified atom stereocenters. The maximum atomic E-state index is 10.7. The Kier molecular flexibility index (Phi) is 8.42. The summed E-state index contributed by atoms with van der Waals surface area (Å²) in [5.41, 5.74) is 1.02. The number of hydrogen-bond acceptors (Lipinski definition) is 4. The number of rotatable bonds is 11. The van der Waals surface area contributed by atoms with Crippen LogP contribution in [0.1, 0.15) is 12.8 Å². The highest BCUT2D eigenvalue weighted by Gasteiger charge is 2.08. The molecule has 1 rings (SSSR count). The Morgan fingerprint density at radius 1 is 1.15 bits per heavy atom. The number of para-hydroxylation sites is 1. The maximum Gasteiger partial charge on any atom is 0.305 e. The fraction of sp³-hybridized carbons (Fsp3) is 0.533. The second kappa shape index (κ2) is 10.2. The third-order valence-corrected chi connectivity index (χ3v) is 2.86. The molecule has 0 heterocycles. The van der Waals surface area contributed by atoms with E-state index in [-0.39, 0.29) is 6.42 Å². The molecule has 0 saturated carbocycles.